The Morgan fingerprint density at radius 3 is 2.60 bits per heavy atom. The highest BCUT2D eigenvalue weighted by atomic mass is 79.9. The molecular formula is C12H16BrNO. The molecule has 0 heterocycles. The molecule has 0 bridgehead atoms. The van der Waals surface area contributed by atoms with E-state index in [1.807, 2.05) is 6.07 Å². The highest BCUT2D eigenvalue weighted by Crippen LogP contribution is 2.51. The van der Waals surface area contributed by atoms with Gasteiger partial charge in [-0.25, -0.2) is 0 Å². The zero-order valence-electron chi connectivity index (χ0n) is 9.14. The Morgan fingerprint density at radius 2 is 2.13 bits per heavy atom. The van der Waals surface area contributed by atoms with E-state index in [0.717, 1.165) is 12.3 Å². The van der Waals surface area contributed by atoms with Crippen molar-refractivity contribution in [2.75, 3.05) is 13.7 Å². The molecule has 15 heavy (non-hydrogen) atoms. The second-order valence-corrected chi connectivity index (χ2v) is 5.08. The maximum Gasteiger partial charge on any atom is 0.119 e. The zero-order chi connectivity index (χ0) is 11.1. The lowest BCUT2D eigenvalue weighted by atomic mass is 9.94. The largest absolute Gasteiger partial charge is 0.497 e. The smallest absolute Gasteiger partial charge is 0.119 e. The number of nitrogens with two attached hydrogens (primary N) is 1. The molecule has 1 aromatic rings. The van der Waals surface area contributed by atoms with Crippen LogP contribution in [0.25, 0.3) is 0 Å². The molecule has 82 valence electrons. The molecule has 0 spiro atoms. The molecule has 1 saturated carbocycles. The molecule has 2 nitrogen and oxygen atoms in total. The summed E-state index contributed by atoms with van der Waals surface area (Å²) in [5.41, 5.74) is 8.58. The second kappa shape index (κ2) is 3.80. The second-order valence-electron chi connectivity index (χ2n) is 4.29. The third-order valence-corrected chi connectivity index (χ3v) is 4.33. The van der Waals surface area contributed by atoms with Crippen molar-refractivity contribution in [3.8, 4) is 5.75 Å². The average Bonchev–Trinajstić information content (AvgIpc) is 3.02. The van der Waals surface area contributed by atoms with Crippen molar-refractivity contribution < 1.29 is 4.74 Å². The van der Waals surface area contributed by atoms with E-state index in [-0.39, 0.29) is 5.41 Å². The number of hydrogen-bond donors (Lipinski definition) is 1. The summed E-state index contributed by atoms with van der Waals surface area (Å²) >= 11 is 3.65. The number of halogens is 1. The molecule has 0 atom stereocenters. The summed E-state index contributed by atoms with van der Waals surface area (Å²) < 4.78 is 6.48. The molecule has 0 aromatic heterocycles. The van der Waals surface area contributed by atoms with E-state index in [1.165, 1.54) is 28.4 Å². The van der Waals surface area contributed by atoms with Gasteiger partial charge < -0.3 is 10.5 Å². The van der Waals surface area contributed by atoms with Gasteiger partial charge >= 0.3 is 0 Å². The molecule has 0 radical (unpaired) electrons. The number of methoxy groups -OCH3 is 1. The van der Waals surface area contributed by atoms with Gasteiger partial charge in [0, 0.05) is 16.4 Å². The van der Waals surface area contributed by atoms with Crippen LogP contribution in [-0.2, 0) is 5.41 Å². The highest BCUT2D eigenvalue weighted by molar-refractivity contribution is 9.10. The summed E-state index contributed by atoms with van der Waals surface area (Å²) in [6.45, 7) is 2.81. The first kappa shape index (κ1) is 11.0. The third kappa shape index (κ3) is 1.79. The van der Waals surface area contributed by atoms with E-state index < -0.39 is 0 Å². The fraction of sp³-hybridized carbons (Fsp3) is 0.500. The minimum absolute atomic E-state index is 0.206. The average molecular weight is 270 g/mol. The Labute approximate surface area is 98.9 Å². The summed E-state index contributed by atoms with van der Waals surface area (Å²) in [5.74, 6) is 0.922. The highest BCUT2D eigenvalue weighted by Gasteiger charge is 2.44. The fourth-order valence-corrected chi connectivity index (χ4v) is 2.62. The van der Waals surface area contributed by atoms with Gasteiger partial charge in [0.1, 0.15) is 5.75 Å². The quantitative estimate of drug-likeness (QED) is 0.916. The number of hydrogen-bond acceptors (Lipinski definition) is 2. The Bertz CT molecular complexity index is 385. The number of rotatable bonds is 3. The first-order valence-corrected chi connectivity index (χ1v) is 5.97. The monoisotopic (exact) mass is 269 g/mol. The lowest BCUT2D eigenvalue weighted by Gasteiger charge is -2.17. The Hall–Kier alpha value is -0.540. The van der Waals surface area contributed by atoms with E-state index >= 15 is 0 Å². The van der Waals surface area contributed by atoms with Crippen molar-refractivity contribution in [3.63, 3.8) is 0 Å². The van der Waals surface area contributed by atoms with Crippen LogP contribution in [0.5, 0.6) is 5.75 Å². The van der Waals surface area contributed by atoms with Crippen molar-refractivity contribution in [2.24, 2.45) is 5.73 Å². The van der Waals surface area contributed by atoms with Crippen molar-refractivity contribution in [3.05, 3.63) is 27.7 Å². The normalized spacial score (nSPS) is 17.6. The Kier molecular flexibility index (Phi) is 2.77. The SMILES string of the molecule is COc1cc(C)c(Br)c(C2(CN)CC2)c1. The van der Waals surface area contributed by atoms with E-state index in [1.54, 1.807) is 7.11 Å². The molecule has 1 aliphatic rings. The van der Waals surface area contributed by atoms with Gasteiger partial charge in [-0.05, 0) is 43.0 Å². The molecule has 2 N–H and O–H groups in total. The zero-order valence-corrected chi connectivity index (χ0v) is 10.7. The molecule has 1 fully saturated rings. The lowest BCUT2D eigenvalue weighted by Crippen LogP contribution is -2.20. The van der Waals surface area contributed by atoms with E-state index in [4.69, 9.17) is 10.5 Å². The molecule has 1 aliphatic carbocycles. The predicted molar refractivity (Wildman–Crippen MR) is 65.4 cm³/mol. The van der Waals surface area contributed by atoms with Gasteiger partial charge in [0.2, 0.25) is 0 Å². The van der Waals surface area contributed by atoms with Crippen LogP contribution >= 0.6 is 15.9 Å². The first-order valence-electron chi connectivity index (χ1n) is 5.17. The van der Waals surface area contributed by atoms with Gasteiger partial charge in [-0.1, -0.05) is 15.9 Å². The number of aryl methyl sites for hydroxylation is 1. The Morgan fingerprint density at radius 1 is 1.47 bits per heavy atom. The Balaban J connectivity index is 2.50. The molecule has 0 amide bonds. The van der Waals surface area contributed by atoms with E-state index in [0.29, 0.717) is 0 Å². The summed E-state index contributed by atoms with van der Waals surface area (Å²) in [4.78, 5) is 0. The van der Waals surface area contributed by atoms with Gasteiger partial charge in [0.15, 0.2) is 0 Å². The van der Waals surface area contributed by atoms with Crippen molar-refractivity contribution >= 4 is 15.9 Å². The standard InChI is InChI=1S/C12H16BrNO/c1-8-5-9(15-2)6-10(11(8)13)12(7-14)3-4-12/h5-6H,3-4,7,14H2,1-2H3. The third-order valence-electron chi connectivity index (χ3n) is 3.28. The van der Waals surface area contributed by atoms with Crippen molar-refractivity contribution in [2.45, 2.75) is 25.2 Å². The topological polar surface area (TPSA) is 35.2 Å². The number of benzene rings is 1. The van der Waals surface area contributed by atoms with Gasteiger partial charge in [-0.2, -0.15) is 0 Å². The maximum absolute atomic E-state index is 5.85. The lowest BCUT2D eigenvalue weighted by molar-refractivity contribution is 0.413. The molecular weight excluding hydrogens is 254 g/mol. The minimum Gasteiger partial charge on any atom is -0.497 e. The summed E-state index contributed by atoms with van der Waals surface area (Å²) in [7, 11) is 1.70. The summed E-state index contributed by atoms with van der Waals surface area (Å²) in [6, 6.07) is 4.15. The van der Waals surface area contributed by atoms with Crippen molar-refractivity contribution in [1.29, 1.82) is 0 Å². The summed E-state index contributed by atoms with van der Waals surface area (Å²) in [5, 5.41) is 0. The van der Waals surface area contributed by atoms with Crippen LogP contribution in [0.3, 0.4) is 0 Å². The molecule has 3 heteroatoms. The van der Waals surface area contributed by atoms with Gasteiger partial charge in [0.05, 0.1) is 7.11 Å². The van der Waals surface area contributed by atoms with Crippen LogP contribution in [0.2, 0.25) is 0 Å². The van der Waals surface area contributed by atoms with E-state index in [9.17, 15) is 0 Å². The van der Waals surface area contributed by atoms with Crippen LogP contribution in [0.4, 0.5) is 0 Å². The van der Waals surface area contributed by atoms with Gasteiger partial charge in [-0.15, -0.1) is 0 Å². The first-order chi connectivity index (χ1) is 7.13. The van der Waals surface area contributed by atoms with Crippen LogP contribution in [0.15, 0.2) is 16.6 Å². The molecule has 0 aliphatic heterocycles. The number of ether oxygens (including phenoxy) is 1. The maximum atomic E-state index is 5.85. The molecule has 0 unspecified atom stereocenters. The molecule has 1 aromatic carbocycles. The van der Waals surface area contributed by atoms with E-state index in [2.05, 4.69) is 28.9 Å². The van der Waals surface area contributed by atoms with Crippen LogP contribution < -0.4 is 10.5 Å². The molecule has 2 rings (SSSR count). The molecule has 0 saturated heterocycles. The van der Waals surface area contributed by atoms with Crippen molar-refractivity contribution in [1.82, 2.24) is 0 Å². The van der Waals surface area contributed by atoms with Crippen LogP contribution in [0.1, 0.15) is 24.0 Å². The summed E-state index contributed by atoms with van der Waals surface area (Å²) in [6.07, 6.45) is 2.38. The van der Waals surface area contributed by atoms with Crippen LogP contribution in [0, 0.1) is 6.92 Å². The van der Waals surface area contributed by atoms with Gasteiger partial charge in [-0.3, -0.25) is 0 Å². The van der Waals surface area contributed by atoms with Crippen LogP contribution in [-0.4, -0.2) is 13.7 Å². The van der Waals surface area contributed by atoms with Gasteiger partial charge in [0.25, 0.3) is 0 Å². The fourth-order valence-electron chi connectivity index (χ4n) is 1.97. The minimum atomic E-state index is 0.206. The predicted octanol–water partition coefficient (Wildman–Crippen LogP) is 2.76.